The summed E-state index contributed by atoms with van der Waals surface area (Å²) in [7, 11) is 3.28. The van der Waals surface area contributed by atoms with Gasteiger partial charge in [-0.15, -0.1) is 10.2 Å². The Hall–Kier alpha value is -3.33. The molecule has 164 valence electrons. The van der Waals surface area contributed by atoms with Gasteiger partial charge in [-0.2, -0.15) is 0 Å². The fraction of sp³-hybridized carbons (Fsp3) is 0.409. The van der Waals surface area contributed by atoms with E-state index in [4.69, 9.17) is 13.9 Å². The van der Waals surface area contributed by atoms with Crippen molar-refractivity contribution in [2.75, 3.05) is 27.3 Å². The van der Waals surface area contributed by atoms with E-state index in [0.29, 0.717) is 0 Å². The normalized spacial score (nSPS) is 15.1. The van der Waals surface area contributed by atoms with E-state index in [1.807, 2.05) is 19.1 Å². The number of rotatable bonds is 7. The van der Waals surface area contributed by atoms with Crippen molar-refractivity contribution in [3.8, 4) is 11.5 Å². The van der Waals surface area contributed by atoms with Gasteiger partial charge in [0.25, 0.3) is 5.91 Å². The number of ether oxygens (including phenoxy) is 2. The molecule has 1 atom stereocenters. The molecule has 0 saturated heterocycles. The Morgan fingerprint density at radius 2 is 2.00 bits per heavy atom. The molecule has 9 heteroatoms. The Labute approximate surface area is 181 Å². The summed E-state index contributed by atoms with van der Waals surface area (Å²) in [5, 5.41) is 11.7. The van der Waals surface area contributed by atoms with Crippen LogP contribution >= 0.6 is 0 Å². The van der Waals surface area contributed by atoms with E-state index < -0.39 is 0 Å². The number of carbonyl (C=O) groups excluding carboxylic acids is 1. The summed E-state index contributed by atoms with van der Waals surface area (Å²) < 4.78 is 18.0. The molecule has 0 radical (unpaired) electrons. The van der Waals surface area contributed by atoms with Crippen LogP contribution in [0.1, 0.15) is 40.7 Å². The van der Waals surface area contributed by atoms with Gasteiger partial charge in [-0.05, 0) is 36.8 Å². The minimum absolute atomic E-state index is 0.265. The highest BCUT2D eigenvalue weighted by Gasteiger charge is 2.23. The van der Waals surface area contributed by atoms with Crippen LogP contribution in [-0.4, -0.2) is 52.9 Å². The van der Waals surface area contributed by atoms with Crippen LogP contribution in [0, 0.1) is 0 Å². The van der Waals surface area contributed by atoms with Crippen LogP contribution in [0.2, 0.25) is 0 Å². The zero-order valence-corrected chi connectivity index (χ0v) is 18.0. The van der Waals surface area contributed by atoms with Gasteiger partial charge in [0.2, 0.25) is 0 Å². The molecule has 0 aliphatic carbocycles. The molecule has 3 heterocycles. The first kappa shape index (κ1) is 20.9. The van der Waals surface area contributed by atoms with Crippen molar-refractivity contribution in [3.63, 3.8) is 0 Å². The second-order valence-corrected chi connectivity index (χ2v) is 7.51. The maximum Gasteiger partial charge on any atom is 0.287 e. The molecule has 4 rings (SSSR count). The molecule has 0 saturated carbocycles. The van der Waals surface area contributed by atoms with Gasteiger partial charge in [0.05, 0.1) is 26.5 Å². The Morgan fingerprint density at radius 1 is 1.16 bits per heavy atom. The van der Waals surface area contributed by atoms with Gasteiger partial charge in [-0.25, -0.2) is 0 Å². The van der Waals surface area contributed by atoms with Crippen molar-refractivity contribution in [2.45, 2.75) is 32.5 Å². The Balaban J connectivity index is 1.41. The highest BCUT2D eigenvalue weighted by molar-refractivity contribution is 5.91. The first-order valence-electron chi connectivity index (χ1n) is 10.3. The highest BCUT2D eigenvalue weighted by Crippen LogP contribution is 2.28. The topological polar surface area (TPSA) is 94.6 Å². The van der Waals surface area contributed by atoms with E-state index >= 15 is 0 Å². The average molecular weight is 425 g/mol. The molecule has 0 fully saturated rings. The average Bonchev–Trinajstić information content (AvgIpc) is 3.42. The zero-order valence-electron chi connectivity index (χ0n) is 18.0. The fourth-order valence-corrected chi connectivity index (χ4v) is 3.84. The van der Waals surface area contributed by atoms with Crippen molar-refractivity contribution in [3.05, 3.63) is 59.6 Å². The van der Waals surface area contributed by atoms with Crippen LogP contribution in [-0.2, 0) is 19.5 Å². The van der Waals surface area contributed by atoms with Gasteiger partial charge >= 0.3 is 0 Å². The van der Waals surface area contributed by atoms with Gasteiger partial charge in [0, 0.05) is 32.6 Å². The first-order valence-corrected chi connectivity index (χ1v) is 10.3. The van der Waals surface area contributed by atoms with Crippen LogP contribution in [0.5, 0.6) is 11.5 Å². The lowest BCUT2D eigenvalue weighted by atomic mass is 10.2. The molecule has 1 amide bonds. The lowest BCUT2D eigenvalue weighted by molar-refractivity contribution is 0.0909. The highest BCUT2D eigenvalue weighted by atomic mass is 16.5. The smallest absolute Gasteiger partial charge is 0.287 e. The van der Waals surface area contributed by atoms with E-state index in [-0.39, 0.29) is 17.7 Å². The Bertz CT molecular complexity index is 1030. The van der Waals surface area contributed by atoms with Gasteiger partial charge < -0.3 is 23.8 Å². The quantitative estimate of drug-likeness (QED) is 0.621. The number of hydrogen-bond donors (Lipinski definition) is 1. The molecular weight excluding hydrogens is 398 g/mol. The first-order chi connectivity index (χ1) is 15.1. The molecule has 1 aliphatic rings. The summed E-state index contributed by atoms with van der Waals surface area (Å²) in [4.78, 5) is 14.7. The lowest BCUT2D eigenvalue weighted by Gasteiger charge is -2.21. The Morgan fingerprint density at radius 3 is 2.74 bits per heavy atom. The summed E-state index contributed by atoms with van der Waals surface area (Å²) in [6.07, 6.45) is 2.27. The van der Waals surface area contributed by atoms with Crippen LogP contribution in [0.4, 0.5) is 0 Å². The third kappa shape index (κ3) is 4.56. The van der Waals surface area contributed by atoms with Crippen molar-refractivity contribution in [1.29, 1.82) is 0 Å². The number of furan rings is 1. The second-order valence-electron chi connectivity index (χ2n) is 7.51. The molecule has 0 spiro atoms. The minimum Gasteiger partial charge on any atom is -0.493 e. The zero-order chi connectivity index (χ0) is 21.8. The molecule has 9 nitrogen and oxygen atoms in total. The third-order valence-electron chi connectivity index (χ3n) is 5.48. The van der Waals surface area contributed by atoms with E-state index in [1.54, 1.807) is 26.4 Å². The maximum atomic E-state index is 12.3. The van der Waals surface area contributed by atoms with E-state index in [1.165, 1.54) is 6.26 Å². The SMILES string of the molecule is COc1ccc(CN2CCc3nnc([C@H](C)NC(=O)c4ccco4)n3CC2)cc1OC. The van der Waals surface area contributed by atoms with Crippen molar-refractivity contribution >= 4 is 5.91 Å². The minimum atomic E-state index is -0.281. The van der Waals surface area contributed by atoms with Gasteiger partial charge in [0.15, 0.2) is 23.1 Å². The van der Waals surface area contributed by atoms with E-state index in [2.05, 4.69) is 31.0 Å². The molecule has 1 aliphatic heterocycles. The van der Waals surface area contributed by atoms with Crippen molar-refractivity contribution < 1.29 is 18.7 Å². The molecule has 2 aromatic heterocycles. The number of nitrogens with zero attached hydrogens (tertiary/aromatic N) is 4. The molecule has 0 unspecified atom stereocenters. The molecule has 1 N–H and O–H groups in total. The van der Waals surface area contributed by atoms with Crippen molar-refractivity contribution in [1.82, 2.24) is 25.0 Å². The predicted octanol–water partition coefficient (Wildman–Crippen LogP) is 2.44. The fourth-order valence-electron chi connectivity index (χ4n) is 3.84. The number of aromatic nitrogens is 3. The number of hydrogen-bond acceptors (Lipinski definition) is 7. The number of carbonyl (C=O) groups is 1. The standard InChI is InChI=1S/C22H27N5O4/c1-15(23-22(28)18-5-4-12-31-18)21-25-24-20-8-9-26(10-11-27(20)21)14-16-6-7-17(29-2)19(13-16)30-3/h4-7,12-13,15H,8-11,14H2,1-3H3,(H,23,28)/t15-/m0/s1. The summed E-state index contributed by atoms with van der Waals surface area (Å²) in [5.74, 6) is 3.16. The Kier molecular flexibility index (Phi) is 6.22. The van der Waals surface area contributed by atoms with Gasteiger partial charge in [0.1, 0.15) is 5.82 Å². The predicted molar refractivity (Wildman–Crippen MR) is 113 cm³/mol. The summed E-state index contributed by atoms with van der Waals surface area (Å²) in [6.45, 7) is 5.19. The van der Waals surface area contributed by atoms with E-state index in [0.717, 1.165) is 61.3 Å². The molecule has 0 bridgehead atoms. The molecule has 3 aromatic rings. The largest absolute Gasteiger partial charge is 0.493 e. The van der Waals surface area contributed by atoms with Crippen molar-refractivity contribution in [2.24, 2.45) is 0 Å². The van der Waals surface area contributed by atoms with Crippen LogP contribution < -0.4 is 14.8 Å². The third-order valence-corrected chi connectivity index (χ3v) is 5.48. The molecule has 31 heavy (non-hydrogen) atoms. The van der Waals surface area contributed by atoms with Crippen LogP contribution in [0.15, 0.2) is 41.0 Å². The summed E-state index contributed by atoms with van der Waals surface area (Å²) in [6, 6.07) is 9.05. The van der Waals surface area contributed by atoms with Crippen LogP contribution in [0.25, 0.3) is 0 Å². The number of methoxy groups -OCH3 is 2. The molecular formula is C22H27N5O4. The lowest BCUT2D eigenvalue weighted by Crippen LogP contribution is -2.30. The maximum absolute atomic E-state index is 12.3. The van der Waals surface area contributed by atoms with Crippen LogP contribution in [0.3, 0.4) is 0 Å². The molecule has 1 aromatic carbocycles. The number of nitrogens with one attached hydrogen (secondary N) is 1. The van der Waals surface area contributed by atoms with Gasteiger partial charge in [-0.1, -0.05) is 6.07 Å². The summed E-state index contributed by atoms with van der Waals surface area (Å²) in [5.41, 5.74) is 1.16. The number of fused-ring (bicyclic) bond motifs is 1. The van der Waals surface area contributed by atoms with Gasteiger partial charge in [-0.3, -0.25) is 9.69 Å². The number of benzene rings is 1. The number of amides is 1. The summed E-state index contributed by atoms with van der Waals surface area (Å²) >= 11 is 0. The monoisotopic (exact) mass is 425 g/mol. The van der Waals surface area contributed by atoms with E-state index in [9.17, 15) is 4.79 Å². The second kappa shape index (κ2) is 9.22.